The number of rotatable bonds is 8. The molecular weight excluding hydrogens is 382 g/mol. The Labute approximate surface area is 178 Å². The summed E-state index contributed by atoms with van der Waals surface area (Å²) in [5.41, 5.74) is 2.44. The minimum atomic E-state index is 0.0981. The van der Waals surface area contributed by atoms with E-state index in [1.165, 1.54) is 5.69 Å². The van der Waals surface area contributed by atoms with E-state index >= 15 is 0 Å². The highest BCUT2D eigenvalue weighted by atomic mass is 35.5. The predicted octanol–water partition coefficient (Wildman–Crippen LogP) is 4.16. The highest BCUT2D eigenvalue weighted by molar-refractivity contribution is 6.31. The predicted molar refractivity (Wildman–Crippen MR) is 120 cm³/mol. The van der Waals surface area contributed by atoms with Crippen molar-refractivity contribution in [2.24, 2.45) is 5.92 Å². The van der Waals surface area contributed by atoms with Crippen molar-refractivity contribution in [2.75, 3.05) is 44.2 Å². The summed E-state index contributed by atoms with van der Waals surface area (Å²) in [7, 11) is 0. The molecule has 0 bridgehead atoms. The van der Waals surface area contributed by atoms with E-state index in [2.05, 4.69) is 45.4 Å². The highest BCUT2D eigenvalue weighted by Gasteiger charge is 2.44. The van der Waals surface area contributed by atoms with E-state index in [1.54, 1.807) is 0 Å². The van der Waals surface area contributed by atoms with Crippen molar-refractivity contribution in [3.05, 3.63) is 65.2 Å². The fourth-order valence-electron chi connectivity index (χ4n) is 4.28. The molecule has 4 rings (SSSR count). The minimum absolute atomic E-state index is 0.0981. The third kappa shape index (κ3) is 5.31. The Kier molecular flexibility index (Phi) is 6.73. The molecule has 0 aromatic heterocycles. The number of para-hydroxylation sites is 1. The van der Waals surface area contributed by atoms with E-state index in [-0.39, 0.29) is 11.8 Å². The maximum Gasteiger partial charge on any atom is 0.223 e. The van der Waals surface area contributed by atoms with Crippen LogP contribution in [0.1, 0.15) is 30.7 Å². The fourth-order valence-corrected chi connectivity index (χ4v) is 4.55. The van der Waals surface area contributed by atoms with E-state index in [9.17, 15) is 4.79 Å². The number of benzene rings is 2. The molecule has 2 aliphatic rings. The van der Waals surface area contributed by atoms with Crippen molar-refractivity contribution in [2.45, 2.75) is 25.2 Å². The number of unbranched alkanes of at least 4 members (excludes halogenated alkanes) is 1. The van der Waals surface area contributed by atoms with Crippen molar-refractivity contribution in [3.8, 4) is 0 Å². The number of nitrogens with zero attached hydrogens (tertiary/aromatic N) is 2. The molecule has 1 saturated carbocycles. The van der Waals surface area contributed by atoms with Gasteiger partial charge in [0.1, 0.15) is 0 Å². The van der Waals surface area contributed by atoms with Crippen LogP contribution in [0, 0.1) is 5.92 Å². The first kappa shape index (κ1) is 20.2. The van der Waals surface area contributed by atoms with Gasteiger partial charge < -0.3 is 10.2 Å². The van der Waals surface area contributed by atoms with Gasteiger partial charge in [0.05, 0.1) is 0 Å². The Balaban J connectivity index is 1.09. The first-order valence-corrected chi connectivity index (χ1v) is 11.1. The first-order chi connectivity index (χ1) is 14.2. The van der Waals surface area contributed by atoms with Crippen LogP contribution in [-0.2, 0) is 4.79 Å². The van der Waals surface area contributed by atoms with Crippen molar-refractivity contribution in [3.63, 3.8) is 0 Å². The van der Waals surface area contributed by atoms with Gasteiger partial charge in [0, 0.05) is 49.4 Å². The number of anilines is 1. The number of nitrogens with one attached hydrogen (secondary N) is 1. The van der Waals surface area contributed by atoms with Crippen molar-refractivity contribution in [1.82, 2.24) is 10.2 Å². The summed E-state index contributed by atoms with van der Waals surface area (Å²) in [4.78, 5) is 17.4. The second-order valence-corrected chi connectivity index (χ2v) is 8.54. The summed E-state index contributed by atoms with van der Waals surface area (Å²) in [6.07, 6.45) is 3.08. The number of amides is 1. The van der Waals surface area contributed by atoms with Gasteiger partial charge in [-0.15, -0.1) is 0 Å². The van der Waals surface area contributed by atoms with Gasteiger partial charge in [0.15, 0.2) is 0 Å². The Morgan fingerprint density at radius 2 is 1.69 bits per heavy atom. The monoisotopic (exact) mass is 411 g/mol. The van der Waals surface area contributed by atoms with Crippen LogP contribution in [-0.4, -0.2) is 50.1 Å². The lowest BCUT2D eigenvalue weighted by molar-refractivity contribution is -0.122. The molecule has 0 spiro atoms. The van der Waals surface area contributed by atoms with Crippen LogP contribution in [0.3, 0.4) is 0 Å². The average molecular weight is 412 g/mol. The van der Waals surface area contributed by atoms with Gasteiger partial charge in [-0.25, -0.2) is 0 Å². The fraction of sp³-hybridized carbons (Fsp3) is 0.458. The molecule has 29 heavy (non-hydrogen) atoms. The van der Waals surface area contributed by atoms with Crippen molar-refractivity contribution >= 4 is 23.2 Å². The number of piperazine rings is 1. The van der Waals surface area contributed by atoms with E-state index < -0.39 is 0 Å². The third-order valence-electron chi connectivity index (χ3n) is 6.13. The molecule has 1 N–H and O–H groups in total. The summed E-state index contributed by atoms with van der Waals surface area (Å²) in [6, 6.07) is 18.5. The van der Waals surface area contributed by atoms with Gasteiger partial charge >= 0.3 is 0 Å². The lowest BCUT2D eigenvalue weighted by atomic mass is 10.1. The molecule has 5 heteroatoms. The van der Waals surface area contributed by atoms with Crippen LogP contribution in [0.15, 0.2) is 54.6 Å². The van der Waals surface area contributed by atoms with Crippen LogP contribution >= 0.6 is 11.6 Å². The SMILES string of the molecule is O=C(NCCCCN1CCN(c2ccccc2)CC1)C1CC1c1ccccc1Cl. The summed E-state index contributed by atoms with van der Waals surface area (Å²) >= 11 is 6.25. The molecular formula is C24H30ClN3O. The summed E-state index contributed by atoms with van der Waals surface area (Å²) in [5, 5.41) is 3.90. The van der Waals surface area contributed by atoms with Crippen molar-refractivity contribution in [1.29, 1.82) is 0 Å². The molecule has 4 nitrogen and oxygen atoms in total. The molecule has 154 valence electrons. The average Bonchev–Trinajstić information content (AvgIpc) is 3.56. The number of halogens is 1. The van der Waals surface area contributed by atoms with Gasteiger partial charge in [-0.1, -0.05) is 48.0 Å². The van der Waals surface area contributed by atoms with Gasteiger partial charge in [0.25, 0.3) is 0 Å². The molecule has 1 amide bonds. The molecule has 1 heterocycles. The molecule has 1 aliphatic carbocycles. The van der Waals surface area contributed by atoms with E-state index in [0.717, 1.165) is 69.1 Å². The Morgan fingerprint density at radius 3 is 2.45 bits per heavy atom. The van der Waals surface area contributed by atoms with Crippen LogP contribution in [0.2, 0.25) is 5.02 Å². The van der Waals surface area contributed by atoms with E-state index in [0.29, 0.717) is 5.92 Å². The van der Waals surface area contributed by atoms with Crippen LogP contribution in [0.4, 0.5) is 5.69 Å². The van der Waals surface area contributed by atoms with Gasteiger partial charge in [0.2, 0.25) is 5.91 Å². The molecule has 2 aromatic carbocycles. The maximum atomic E-state index is 12.4. The second-order valence-electron chi connectivity index (χ2n) is 8.13. The molecule has 1 saturated heterocycles. The zero-order chi connectivity index (χ0) is 20.1. The van der Waals surface area contributed by atoms with Crippen LogP contribution in [0.5, 0.6) is 0 Å². The quantitative estimate of drug-likeness (QED) is 0.662. The number of carbonyl (C=O) groups is 1. The standard InChI is InChI=1S/C24H30ClN3O/c25-23-11-5-4-10-20(23)21-18-22(21)24(29)26-12-6-7-13-27-14-16-28(17-15-27)19-8-2-1-3-9-19/h1-5,8-11,21-22H,6-7,12-18H2,(H,26,29). The summed E-state index contributed by atoms with van der Waals surface area (Å²) < 4.78 is 0. The van der Waals surface area contributed by atoms with Gasteiger partial charge in [-0.2, -0.15) is 0 Å². The van der Waals surface area contributed by atoms with Crippen LogP contribution in [0.25, 0.3) is 0 Å². The Bertz CT molecular complexity index is 805. The topological polar surface area (TPSA) is 35.6 Å². The lowest BCUT2D eigenvalue weighted by Crippen LogP contribution is -2.46. The summed E-state index contributed by atoms with van der Waals surface area (Å²) in [6.45, 7) is 6.29. The molecule has 2 aromatic rings. The van der Waals surface area contributed by atoms with E-state index in [1.807, 2.05) is 24.3 Å². The Hall–Kier alpha value is -2.04. The lowest BCUT2D eigenvalue weighted by Gasteiger charge is -2.36. The maximum absolute atomic E-state index is 12.4. The first-order valence-electron chi connectivity index (χ1n) is 10.8. The molecule has 0 radical (unpaired) electrons. The number of carbonyl (C=O) groups excluding carboxylic acids is 1. The van der Waals surface area contributed by atoms with Gasteiger partial charge in [-0.05, 0) is 55.5 Å². The van der Waals surface area contributed by atoms with Crippen LogP contribution < -0.4 is 10.2 Å². The Morgan fingerprint density at radius 1 is 0.966 bits per heavy atom. The van der Waals surface area contributed by atoms with Gasteiger partial charge in [-0.3, -0.25) is 9.69 Å². The molecule has 2 fully saturated rings. The normalized spacial score (nSPS) is 21.8. The van der Waals surface area contributed by atoms with Crippen molar-refractivity contribution < 1.29 is 4.79 Å². The molecule has 1 aliphatic heterocycles. The zero-order valence-electron chi connectivity index (χ0n) is 16.9. The highest BCUT2D eigenvalue weighted by Crippen LogP contribution is 2.49. The third-order valence-corrected chi connectivity index (χ3v) is 6.47. The largest absolute Gasteiger partial charge is 0.369 e. The molecule has 2 unspecified atom stereocenters. The molecule has 2 atom stereocenters. The summed E-state index contributed by atoms with van der Waals surface area (Å²) in [5.74, 6) is 0.581. The smallest absolute Gasteiger partial charge is 0.223 e. The minimum Gasteiger partial charge on any atom is -0.369 e. The second kappa shape index (κ2) is 9.64. The number of hydrogen-bond acceptors (Lipinski definition) is 3. The number of hydrogen-bond donors (Lipinski definition) is 1. The zero-order valence-corrected chi connectivity index (χ0v) is 17.7. The van der Waals surface area contributed by atoms with E-state index in [4.69, 9.17) is 11.6 Å².